The van der Waals surface area contributed by atoms with Crippen LogP contribution < -0.4 is 5.56 Å². The molecule has 1 aliphatic rings. The molecule has 6 heteroatoms. The van der Waals surface area contributed by atoms with E-state index >= 15 is 0 Å². The van der Waals surface area contributed by atoms with Crippen molar-refractivity contribution in [1.29, 1.82) is 0 Å². The van der Waals surface area contributed by atoms with Gasteiger partial charge in [-0.2, -0.15) is 5.10 Å². The summed E-state index contributed by atoms with van der Waals surface area (Å²) in [7, 11) is 0. The van der Waals surface area contributed by atoms with Crippen molar-refractivity contribution in [2.45, 2.75) is 45.1 Å². The number of rotatable bonds is 2. The second-order valence-electron chi connectivity index (χ2n) is 8.66. The standard InChI is InChI=1S/C23H26N4O2/c1-23(2,3)19-8-9-20(28)27(25-19)17-11-14-26(15-12-17)22(29)21-18-7-5-4-6-16(18)10-13-24-21/h4-10,13,17H,11-12,14-15H2,1-3H3. The molecular weight excluding hydrogens is 364 g/mol. The van der Waals surface area contributed by atoms with Gasteiger partial charge in [0.15, 0.2) is 0 Å². The van der Waals surface area contributed by atoms with E-state index in [1.165, 1.54) is 0 Å². The molecule has 1 aromatic carbocycles. The number of hydrogen-bond donors (Lipinski definition) is 0. The SMILES string of the molecule is CC(C)(C)c1ccc(=O)n(C2CCN(C(=O)c3nccc4ccccc34)CC2)n1. The van der Waals surface area contributed by atoms with E-state index in [1.807, 2.05) is 41.3 Å². The van der Waals surface area contributed by atoms with E-state index in [0.29, 0.717) is 31.6 Å². The highest BCUT2D eigenvalue weighted by molar-refractivity contribution is 6.05. The molecule has 0 unspecified atom stereocenters. The maximum absolute atomic E-state index is 13.1. The predicted molar refractivity (Wildman–Crippen MR) is 113 cm³/mol. The van der Waals surface area contributed by atoms with Crippen LogP contribution in [0.2, 0.25) is 0 Å². The largest absolute Gasteiger partial charge is 0.337 e. The summed E-state index contributed by atoms with van der Waals surface area (Å²) in [5.41, 5.74) is 1.19. The molecule has 0 atom stereocenters. The van der Waals surface area contributed by atoms with E-state index in [-0.39, 0.29) is 22.9 Å². The second kappa shape index (κ2) is 7.43. The van der Waals surface area contributed by atoms with Gasteiger partial charge in [-0.15, -0.1) is 0 Å². The average Bonchev–Trinajstić information content (AvgIpc) is 2.72. The molecular formula is C23H26N4O2. The van der Waals surface area contributed by atoms with Gasteiger partial charge in [-0.25, -0.2) is 4.68 Å². The summed E-state index contributed by atoms with van der Waals surface area (Å²) in [6, 6.07) is 13.1. The fraction of sp³-hybridized carbons (Fsp3) is 0.391. The van der Waals surface area contributed by atoms with E-state index in [0.717, 1.165) is 16.5 Å². The molecule has 0 saturated carbocycles. The number of hydrogen-bond acceptors (Lipinski definition) is 4. The number of amides is 1. The summed E-state index contributed by atoms with van der Waals surface area (Å²) in [6.45, 7) is 7.43. The summed E-state index contributed by atoms with van der Waals surface area (Å²) in [4.78, 5) is 31.7. The van der Waals surface area contributed by atoms with E-state index in [9.17, 15) is 9.59 Å². The van der Waals surface area contributed by atoms with Crippen LogP contribution >= 0.6 is 0 Å². The third-order valence-corrected chi connectivity index (χ3v) is 5.57. The molecule has 2 aromatic heterocycles. The second-order valence-corrected chi connectivity index (χ2v) is 8.66. The maximum Gasteiger partial charge on any atom is 0.273 e. The van der Waals surface area contributed by atoms with E-state index in [2.05, 4.69) is 30.9 Å². The van der Waals surface area contributed by atoms with Gasteiger partial charge in [0.05, 0.1) is 11.7 Å². The molecule has 3 aromatic rings. The smallest absolute Gasteiger partial charge is 0.273 e. The summed E-state index contributed by atoms with van der Waals surface area (Å²) < 4.78 is 1.61. The summed E-state index contributed by atoms with van der Waals surface area (Å²) >= 11 is 0. The number of carbonyl (C=O) groups excluding carboxylic acids is 1. The molecule has 1 fully saturated rings. The molecule has 0 N–H and O–H groups in total. The molecule has 150 valence electrons. The Kier molecular flexibility index (Phi) is 4.94. The molecule has 0 radical (unpaired) electrons. The third-order valence-electron chi connectivity index (χ3n) is 5.57. The third kappa shape index (κ3) is 3.79. The van der Waals surface area contributed by atoms with Crippen molar-refractivity contribution >= 4 is 16.7 Å². The first-order valence-corrected chi connectivity index (χ1v) is 10.1. The average molecular weight is 390 g/mol. The normalized spacial score (nSPS) is 15.6. The zero-order chi connectivity index (χ0) is 20.6. The van der Waals surface area contributed by atoms with Crippen LogP contribution in [-0.2, 0) is 5.41 Å². The Morgan fingerprint density at radius 1 is 1.03 bits per heavy atom. The fourth-order valence-corrected chi connectivity index (χ4v) is 3.84. The Hall–Kier alpha value is -3.02. The number of piperidine rings is 1. The summed E-state index contributed by atoms with van der Waals surface area (Å²) in [5.74, 6) is -0.0519. The zero-order valence-electron chi connectivity index (χ0n) is 17.1. The van der Waals surface area contributed by atoms with Gasteiger partial charge in [0.25, 0.3) is 11.5 Å². The molecule has 0 bridgehead atoms. The molecule has 29 heavy (non-hydrogen) atoms. The fourth-order valence-electron chi connectivity index (χ4n) is 3.84. The van der Waals surface area contributed by atoms with Crippen LogP contribution in [-0.4, -0.2) is 38.7 Å². The van der Waals surface area contributed by atoms with Gasteiger partial charge >= 0.3 is 0 Å². The van der Waals surface area contributed by atoms with Crippen LogP contribution in [0, 0.1) is 0 Å². The number of likely N-dealkylation sites (tertiary alicyclic amines) is 1. The highest BCUT2D eigenvalue weighted by Crippen LogP contribution is 2.25. The molecule has 1 amide bonds. The summed E-state index contributed by atoms with van der Waals surface area (Å²) in [5, 5.41) is 6.51. The van der Waals surface area contributed by atoms with Crippen molar-refractivity contribution in [3.63, 3.8) is 0 Å². The molecule has 1 saturated heterocycles. The predicted octanol–water partition coefficient (Wildman–Crippen LogP) is 3.57. The first-order chi connectivity index (χ1) is 13.8. The van der Waals surface area contributed by atoms with Crippen molar-refractivity contribution in [3.05, 3.63) is 70.4 Å². The quantitative estimate of drug-likeness (QED) is 0.671. The van der Waals surface area contributed by atoms with E-state index in [1.54, 1.807) is 16.9 Å². The van der Waals surface area contributed by atoms with Gasteiger partial charge in [0, 0.05) is 36.2 Å². The summed E-state index contributed by atoms with van der Waals surface area (Å²) in [6.07, 6.45) is 3.10. The number of fused-ring (bicyclic) bond motifs is 1. The van der Waals surface area contributed by atoms with Gasteiger partial charge in [0.2, 0.25) is 0 Å². The minimum atomic E-state index is -0.119. The van der Waals surface area contributed by atoms with Gasteiger partial charge in [-0.1, -0.05) is 45.0 Å². The lowest BCUT2D eigenvalue weighted by Gasteiger charge is -2.32. The lowest BCUT2D eigenvalue weighted by Crippen LogP contribution is -2.42. The lowest BCUT2D eigenvalue weighted by molar-refractivity contribution is 0.0683. The van der Waals surface area contributed by atoms with Crippen molar-refractivity contribution in [3.8, 4) is 0 Å². The first-order valence-electron chi connectivity index (χ1n) is 10.1. The number of pyridine rings is 1. The van der Waals surface area contributed by atoms with Crippen molar-refractivity contribution in [1.82, 2.24) is 19.7 Å². The minimum absolute atomic E-state index is 0.00864. The van der Waals surface area contributed by atoms with Crippen molar-refractivity contribution in [2.75, 3.05) is 13.1 Å². The number of nitrogens with zero attached hydrogens (tertiary/aromatic N) is 4. The van der Waals surface area contributed by atoms with E-state index < -0.39 is 0 Å². The molecule has 0 aliphatic carbocycles. The molecule has 4 rings (SSSR count). The monoisotopic (exact) mass is 390 g/mol. The van der Waals surface area contributed by atoms with Gasteiger partial charge in [0.1, 0.15) is 5.69 Å². The van der Waals surface area contributed by atoms with Crippen LogP contribution in [0.5, 0.6) is 0 Å². The highest BCUT2D eigenvalue weighted by Gasteiger charge is 2.28. The van der Waals surface area contributed by atoms with Crippen LogP contribution in [0.1, 0.15) is 55.8 Å². The number of carbonyl (C=O) groups is 1. The van der Waals surface area contributed by atoms with Crippen molar-refractivity contribution < 1.29 is 4.79 Å². The van der Waals surface area contributed by atoms with Crippen LogP contribution in [0.25, 0.3) is 10.8 Å². The van der Waals surface area contributed by atoms with Crippen molar-refractivity contribution in [2.24, 2.45) is 0 Å². The Bertz CT molecular complexity index is 1100. The minimum Gasteiger partial charge on any atom is -0.337 e. The number of benzene rings is 1. The van der Waals surface area contributed by atoms with Crippen LogP contribution in [0.15, 0.2) is 53.5 Å². The van der Waals surface area contributed by atoms with E-state index in [4.69, 9.17) is 0 Å². The highest BCUT2D eigenvalue weighted by atomic mass is 16.2. The van der Waals surface area contributed by atoms with Crippen LogP contribution in [0.4, 0.5) is 0 Å². The Labute approximate surface area is 170 Å². The Morgan fingerprint density at radius 3 is 2.48 bits per heavy atom. The maximum atomic E-state index is 13.1. The van der Waals surface area contributed by atoms with Gasteiger partial charge < -0.3 is 4.90 Å². The molecule has 3 heterocycles. The van der Waals surface area contributed by atoms with Crippen LogP contribution in [0.3, 0.4) is 0 Å². The Morgan fingerprint density at radius 2 is 1.76 bits per heavy atom. The molecule has 1 aliphatic heterocycles. The number of aromatic nitrogens is 3. The zero-order valence-corrected chi connectivity index (χ0v) is 17.1. The topological polar surface area (TPSA) is 68.1 Å². The van der Waals surface area contributed by atoms with Gasteiger partial charge in [-0.3, -0.25) is 14.6 Å². The molecule has 6 nitrogen and oxygen atoms in total. The first kappa shape index (κ1) is 19.3. The molecule has 0 spiro atoms. The van der Waals surface area contributed by atoms with Gasteiger partial charge in [-0.05, 0) is 30.4 Å². The lowest BCUT2D eigenvalue weighted by atomic mass is 9.92. The Balaban J connectivity index is 1.53.